The first-order valence-electron chi connectivity index (χ1n) is 7.45. The third-order valence-electron chi connectivity index (χ3n) is 3.96. The van der Waals surface area contributed by atoms with Crippen LogP contribution in [0.15, 0.2) is 45.0 Å². The van der Waals surface area contributed by atoms with Gasteiger partial charge < -0.3 is 10.1 Å². The highest BCUT2D eigenvalue weighted by Crippen LogP contribution is 2.29. The number of nitrogens with zero attached hydrogens (tertiary/aromatic N) is 1. The van der Waals surface area contributed by atoms with E-state index >= 15 is 0 Å². The van der Waals surface area contributed by atoms with E-state index in [0.29, 0.717) is 0 Å². The van der Waals surface area contributed by atoms with Crippen molar-refractivity contribution in [2.75, 3.05) is 18.2 Å². The van der Waals surface area contributed by atoms with Gasteiger partial charge in [0.2, 0.25) is 9.84 Å². The van der Waals surface area contributed by atoms with Gasteiger partial charge in [-0.1, -0.05) is 17.7 Å². The molecule has 0 amide bonds. The lowest BCUT2D eigenvalue weighted by molar-refractivity contribution is 0.335. The van der Waals surface area contributed by atoms with Crippen LogP contribution in [0.5, 0.6) is 5.75 Å². The fraction of sp³-hybridized carbons (Fsp3) is 0.312. The minimum atomic E-state index is -3.83. The van der Waals surface area contributed by atoms with Gasteiger partial charge in [0.05, 0.1) is 9.79 Å². The quantitative estimate of drug-likeness (QED) is 0.856. The third-order valence-corrected chi connectivity index (χ3v) is 6.82. The summed E-state index contributed by atoms with van der Waals surface area (Å²) in [6, 6.07) is 6.50. The standard InChI is InChI=1S/C16H18N2O4S2/c1-11-2-4-12(5-3-11)24(21,22)14-8-17-16(20)15(19)13(14)9-18-6-7-23-10-18/h2-5,8,19H,6-7,9-10H2,1H3,(H,17,20). The lowest BCUT2D eigenvalue weighted by Crippen LogP contribution is -2.23. The van der Waals surface area contributed by atoms with E-state index in [0.717, 1.165) is 23.7 Å². The minimum Gasteiger partial charge on any atom is -0.503 e. The van der Waals surface area contributed by atoms with Crippen molar-refractivity contribution in [3.63, 3.8) is 0 Å². The van der Waals surface area contributed by atoms with Crippen LogP contribution in [-0.4, -0.2) is 41.6 Å². The molecule has 3 rings (SSSR count). The summed E-state index contributed by atoms with van der Waals surface area (Å²) < 4.78 is 25.9. The number of sulfone groups is 1. The predicted octanol–water partition coefficient (Wildman–Crippen LogP) is 1.73. The van der Waals surface area contributed by atoms with Crippen molar-refractivity contribution in [1.29, 1.82) is 0 Å². The Balaban J connectivity index is 2.10. The summed E-state index contributed by atoms with van der Waals surface area (Å²) in [5, 5.41) is 10.2. The molecule has 2 heterocycles. The van der Waals surface area contributed by atoms with Crippen molar-refractivity contribution in [1.82, 2.24) is 9.88 Å². The Morgan fingerprint density at radius 2 is 2.00 bits per heavy atom. The molecule has 0 unspecified atom stereocenters. The number of aromatic amines is 1. The molecule has 1 aliphatic rings. The molecule has 0 bridgehead atoms. The second-order valence-corrected chi connectivity index (χ2v) is 8.71. The van der Waals surface area contributed by atoms with E-state index in [2.05, 4.69) is 4.98 Å². The lowest BCUT2D eigenvalue weighted by atomic mass is 10.2. The molecule has 128 valence electrons. The van der Waals surface area contributed by atoms with Crippen LogP contribution >= 0.6 is 11.8 Å². The Kier molecular flexibility index (Phi) is 4.71. The molecule has 0 saturated carbocycles. The van der Waals surface area contributed by atoms with Crippen LogP contribution in [0.3, 0.4) is 0 Å². The third kappa shape index (κ3) is 3.22. The SMILES string of the molecule is Cc1ccc(S(=O)(=O)c2c[nH]c(=O)c(O)c2CN2CCSC2)cc1. The normalized spacial score (nSPS) is 15.7. The number of aryl methyl sites for hydroxylation is 1. The van der Waals surface area contributed by atoms with E-state index in [-0.39, 0.29) is 21.9 Å². The van der Waals surface area contributed by atoms with E-state index in [1.807, 2.05) is 11.8 Å². The molecule has 1 aromatic carbocycles. The number of hydrogen-bond donors (Lipinski definition) is 2. The molecule has 1 saturated heterocycles. The van der Waals surface area contributed by atoms with Gasteiger partial charge in [-0.25, -0.2) is 8.42 Å². The maximum Gasteiger partial charge on any atom is 0.290 e. The van der Waals surface area contributed by atoms with Gasteiger partial charge in [-0.05, 0) is 19.1 Å². The molecule has 0 aliphatic carbocycles. The van der Waals surface area contributed by atoms with E-state index in [9.17, 15) is 18.3 Å². The van der Waals surface area contributed by atoms with Gasteiger partial charge in [-0.3, -0.25) is 9.69 Å². The maximum atomic E-state index is 12.9. The molecule has 8 heteroatoms. The molecule has 0 radical (unpaired) electrons. The zero-order chi connectivity index (χ0) is 17.3. The zero-order valence-corrected chi connectivity index (χ0v) is 14.8. The number of H-pyrrole nitrogens is 1. The fourth-order valence-electron chi connectivity index (χ4n) is 2.58. The molecular formula is C16H18N2O4S2. The maximum absolute atomic E-state index is 12.9. The summed E-state index contributed by atoms with van der Waals surface area (Å²) >= 11 is 1.73. The number of benzene rings is 1. The van der Waals surface area contributed by atoms with Crippen LogP contribution in [0.25, 0.3) is 0 Å². The summed E-state index contributed by atoms with van der Waals surface area (Å²) in [5.41, 5.74) is 0.425. The first kappa shape index (κ1) is 17.1. The number of hydrogen-bond acceptors (Lipinski definition) is 6. The van der Waals surface area contributed by atoms with E-state index < -0.39 is 21.1 Å². The molecule has 24 heavy (non-hydrogen) atoms. The average molecular weight is 366 g/mol. The summed E-state index contributed by atoms with van der Waals surface area (Å²) in [7, 11) is -3.83. The van der Waals surface area contributed by atoms with Crippen LogP contribution in [-0.2, 0) is 16.4 Å². The first-order valence-corrected chi connectivity index (χ1v) is 10.1. The largest absolute Gasteiger partial charge is 0.503 e. The number of pyridine rings is 1. The number of aromatic nitrogens is 1. The average Bonchev–Trinajstić information content (AvgIpc) is 3.05. The molecule has 1 aromatic heterocycles. The second kappa shape index (κ2) is 6.62. The molecule has 0 atom stereocenters. The Bertz CT molecular complexity index is 899. The van der Waals surface area contributed by atoms with Crippen LogP contribution in [0.4, 0.5) is 0 Å². The van der Waals surface area contributed by atoms with Gasteiger partial charge in [0.1, 0.15) is 0 Å². The van der Waals surface area contributed by atoms with Gasteiger partial charge in [0.15, 0.2) is 5.75 Å². The van der Waals surface area contributed by atoms with Gasteiger partial charge >= 0.3 is 0 Å². The van der Waals surface area contributed by atoms with Crippen molar-refractivity contribution in [3.8, 4) is 5.75 Å². The summed E-state index contributed by atoms with van der Waals surface area (Å²) in [6.45, 7) is 2.89. The van der Waals surface area contributed by atoms with Crippen LogP contribution in [0.2, 0.25) is 0 Å². The Morgan fingerprint density at radius 3 is 2.62 bits per heavy atom. The Morgan fingerprint density at radius 1 is 1.29 bits per heavy atom. The van der Waals surface area contributed by atoms with Gasteiger partial charge in [0.25, 0.3) is 5.56 Å². The van der Waals surface area contributed by atoms with E-state index in [4.69, 9.17) is 0 Å². The number of aromatic hydroxyl groups is 1. The van der Waals surface area contributed by atoms with Gasteiger partial charge in [-0.2, -0.15) is 0 Å². The molecule has 2 aromatic rings. The molecule has 0 spiro atoms. The van der Waals surface area contributed by atoms with E-state index in [1.54, 1.807) is 23.9 Å². The minimum absolute atomic E-state index is 0.0552. The number of rotatable bonds is 4. The molecule has 2 N–H and O–H groups in total. The van der Waals surface area contributed by atoms with Crippen molar-refractivity contribution in [3.05, 3.63) is 51.9 Å². The van der Waals surface area contributed by atoms with Crippen LogP contribution < -0.4 is 5.56 Å². The summed E-state index contributed by atoms with van der Waals surface area (Å²) in [4.78, 5) is 16.1. The highest BCUT2D eigenvalue weighted by Gasteiger charge is 2.27. The van der Waals surface area contributed by atoms with Crippen molar-refractivity contribution in [2.24, 2.45) is 0 Å². The molecule has 1 aliphatic heterocycles. The zero-order valence-electron chi connectivity index (χ0n) is 13.2. The van der Waals surface area contributed by atoms with Crippen molar-refractivity contribution in [2.45, 2.75) is 23.3 Å². The Hall–Kier alpha value is -1.77. The van der Waals surface area contributed by atoms with Crippen LogP contribution in [0.1, 0.15) is 11.1 Å². The van der Waals surface area contributed by atoms with Gasteiger partial charge in [-0.15, -0.1) is 11.8 Å². The van der Waals surface area contributed by atoms with Crippen LogP contribution in [0, 0.1) is 6.92 Å². The van der Waals surface area contributed by atoms with Crippen molar-refractivity contribution < 1.29 is 13.5 Å². The summed E-state index contributed by atoms with van der Waals surface area (Å²) in [5.74, 6) is 1.17. The van der Waals surface area contributed by atoms with Crippen molar-refractivity contribution >= 4 is 21.6 Å². The number of nitrogens with one attached hydrogen (secondary N) is 1. The second-order valence-electron chi connectivity index (χ2n) is 5.72. The Labute approximate surface area is 144 Å². The molecule has 6 nitrogen and oxygen atoms in total. The molecule has 1 fully saturated rings. The summed E-state index contributed by atoms with van der Waals surface area (Å²) in [6.07, 6.45) is 1.18. The monoisotopic (exact) mass is 366 g/mol. The first-order chi connectivity index (χ1) is 11.4. The fourth-order valence-corrected chi connectivity index (χ4v) is 5.02. The molecular weight excluding hydrogens is 348 g/mol. The predicted molar refractivity (Wildman–Crippen MR) is 93.1 cm³/mol. The highest BCUT2D eigenvalue weighted by atomic mass is 32.2. The number of thioether (sulfide) groups is 1. The topological polar surface area (TPSA) is 90.5 Å². The highest BCUT2D eigenvalue weighted by molar-refractivity contribution is 7.99. The lowest BCUT2D eigenvalue weighted by Gasteiger charge is -2.17. The smallest absolute Gasteiger partial charge is 0.290 e. The van der Waals surface area contributed by atoms with E-state index in [1.165, 1.54) is 18.3 Å². The van der Waals surface area contributed by atoms with Gasteiger partial charge in [0, 0.05) is 36.5 Å².